The van der Waals surface area contributed by atoms with Crippen molar-refractivity contribution in [3.05, 3.63) is 117 Å². The summed E-state index contributed by atoms with van der Waals surface area (Å²) in [5, 5.41) is 57.2. The molecular formula is C46H53N7O12. The molecule has 344 valence electrons. The summed E-state index contributed by atoms with van der Waals surface area (Å²) >= 11 is 0. The molecule has 5 rings (SSSR count). The van der Waals surface area contributed by atoms with Crippen LogP contribution in [-0.4, -0.2) is 103 Å². The van der Waals surface area contributed by atoms with E-state index in [1.807, 2.05) is 33.8 Å². The Bertz CT molecular complexity index is 2490. The molecule has 0 radical (unpaired) electrons. The van der Waals surface area contributed by atoms with Crippen LogP contribution >= 0.6 is 0 Å². The number of hydrogen-bond donors (Lipinski definition) is 9. The fraction of sp³-hybridized carbons (Fsp3) is 0.370. The molecule has 5 aliphatic rings. The monoisotopic (exact) mass is 895 g/mol. The molecule has 19 heteroatoms. The van der Waals surface area contributed by atoms with Crippen LogP contribution in [0.3, 0.4) is 0 Å². The summed E-state index contributed by atoms with van der Waals surface area (Å²) in [4.78, 5) is 91.7. The molecule has 0 aromatic heterocycles. The summed E-state index contributed by atoms with van der Waals surface area (Å²) in [7, 11) is 0. The van der Waals surface area contributed by atoms with Crippen molar-refractivity contribution < 1.29 is 59.1 Å². The average molecular weight is 896 g/mol. The van der Waals surface area contributed by atoms with Crippen LogP contribution in [-0.2, 0) is 33.6 Å². The maximum Gasteiger partial charge on any atom is 0.326 e. The van der Waals surface area contributed by atoms with Crippen molar-refractivity contribution >= 4 is 52.8 Å². The summed E-state index contributed by atoms with van der Waals surface area (Å²) in [6.07, 6.45) is 11.3. The highest BCUT2D eigenvalue weighted by Crippen LogP contribution is 2.40. The second-order valence-corrected chi connectivity index (χ2v) is 15.8. The number of aliphatic hydroxyl groups is 1. The van der Waals surface area contributed by atoms with Gasteiger partial charge in [0.1, 0.15) is 17.7 Å². The smallest absolute Gasteiger partial charge is 0.326 e. The van der Waals surface area contributed by atoms with E-state index in [-0.39, 0.29) is 32.1 Å². The largest absolute Gasteiger partial charge is 0.481 e. The summed E-state index contributed by atoms with van der Waals surface area (Å²) in [6.45, 7) is 13.5. The average Bonchev–Trinajstić information content (AvgIpc) is 3.86. The molecular weight excluding hydrogens is 843 g/mol. The summed E-state index contributed by atoms with van der Waals surface area (Å²) < 4.78 is 0. The van der Waals surface area contributed by atoms with Gasteiger partial charge in [0.05, 0.1) is 59.4 Å². The molecule has 8 bridgehead atoms. The lowest BCUT2D eigenvalue weighted by Crippen LogP contribution is -2.42. The van der Waals surface area contributed by atoms with Crippen LogP contribution < -0.4 is 21.4 Å². The molecule has 0 spiro atoms. The normalized spacial score (nSPS) is 20.0. The number of carbonyl (C=O) groups is 6. The third-order valence-corrected chi connectivity index (χ3v) is 11.2. The summed E-state index contributed by atoms with van der Waals surface area (Å²) in [5.74, 6) is -6.97. The van der Waals surface area contributed by atoms with E-state index in [2.05, 4.69) is 28.0 Å². The van der Waals surface area contributed by atoms with Crippen LogP contribution in [0, 0.1) is 0 Å². The quantitative estimate of drug-likeness (QED) is 0.0579. The lowest BCUT2D eigenvalue weighted by molar-refractivity contribution is -0.147. The molecule has 3 unspecified atom stereocenters. The van der Waals surface area contributed by atoms with Gasteiger partial charge in [-0.3, -0.25) is 29.5 Å². The number of rotatable bonds is 21. The third-order valence-electron chi connectivity index (χ3n) is 11.2. The Morgan fingerprint density at radius 3 is 1.85 bits per heavy atom. The number of carboxylic acids is 4. The van der Waals surface area contributed by atoms with Gasteiger partial charge < -0.3 is 41.5 Å². The molecule has 2 amide bonds. The molecule has 5 heterocycles. The van der Waals surface area contributed by atoms with E-state index >= 15 is 0 Å². The predicted molar refractivity (Wildman–Crippen MR) is 239 cm³/mol. The van der Waals surface area contributed by atoms with E-state index in [1.54, 1.807) is 43.5 Å². The first-order chi connectivity index (χ1) is 30.7. The zero-order chi connectivity index (χ0) is 47.7. The van der Waals surface area contributed by atoms with Gasteiger partial charge in [0.25, 0.3) is 0 Å². The van der Waals surface area contributed by atoms with Crippen LogP contribution in [0.2, 0.25) is 0 Å². The number of amides is 2. The molecule has 3 atom stereocenters. The van der Waals surface area contributed by atoms with E-state index in [4.69, 9.17) is 30.0 Å². The molecule has 0 aromatic rings. The van der Waals surface area contributed by atoms with E-state index < -0.39 is 66.2 Å². The second-order valence-electron chi connectivity index (χ2n) is 15.8. The molecule has 0 aromatic carbocycles. The van der Waals surface area contributed by atoms with Crippen molar-refractivity contribution in [2.24, 2.45) is 15.0 Å². The first-order valence-corrected chi connectivity index (χ1v) is 20.9. The zero-order valence-corrected chi connectivity index (χ0v) is 36.7. The standard InChI is InChI=1S/C46H53N7O12/c1-7-26-23(3)30-17-31-24(4)27(11-9-13-40(54)52-37(44(60)61)21-42(56)57)33(48-31)19-34-28(12-10-14-41(55)53-38(45(62)63)22-43(58)59)25(5)32(49-34)18-36-29(15-16-47-65-8-2)46(6,64)39(51-36)20-35(26)50-30/h7,15-20,37-38,47,51,64H,1,8-14,21-22H2,2-6H3,(H,52,54)(H,53,55)(H,56,57)(H,58,59)(H,60,61)(H,62,63)/b16-15+,30-17?,32-18?,33-19?,39-20?. The zero-order valence-electron chi connectivity index (χ0n) is 36.7. The van der Waals surface area contributed by atoms with Gasteiger partial charge in [-0.25, -0.2) is 24.6 Å². The second kappa shape index (κ2) is 21.0. The van der Waals surface area contributed by atoms with Gasteiger partial charge in [-0.1, -0.05) is 12.7 Å². The highest BCUT2D eigenvalue weighted by molar-refractivity contribution is 6.18. The Labute approximate surface area is 374 Å². The van der Waals surface area contributed by atoms with Gasteiger partial charge in [-0.15, -0.1) is 0 Å². The van der Waals surface area contributed by atoms with Gasteiger partial charge in [-0.2, -0.15) is 0 Å². The molecule has 65 heavy (non-hydrogen) atoms. The van der Waals surface area contributed by atoms with Crippen molar-refractivity contribution in [1.82, 2.24) is 21.4 Å². The first kappa shape index (κ1) is 48.8. The number of hydroxylamine groups is 1. The minimum absolute atomic E-state index is 0.116. The number of carboxylic acid groups (broad SMARTS) is 4. The minimum atomic E-state index is -1.61. The van der Waals surface area contributed by atoms with Gasteiger partial charge in [0.2, 0.25) is 11.8 Å². The Balaban J connectivity index is 1.61. The molecule has 0 fully saturated rings. The number of nitrogens with one attached hydrogen (secondary N) is 4. The number of nitrogens with zero attached hydrogens (tertiary/aromatic N) is 3. The van der Waals surface area contributed by atoms with E-state index in [0.717, 1.165) is 33.4 Å². The molecule has 9 N–H and O–H groups in total. The number of aliphatic imine (C=N–C) groups is 3. The fourth-order valence-corrected chi connectivity index (χ4v) is 7.72. The number of carbonyl (C=O) groups excluding carboxylic acids is 2. The highest BCUT2D eigenvalue weighted by atomic mass is 16.6. The van der Waals surface area contributed by atoms with Crippen molar-refractivity contribution in [3.8, 4) is 0 Å². The van der Waals surface area contributed by atoms with Gasteiger partial charge in [-0.05, 0) is 119 Å². The van der Waals surface area contributed by atoms with E-state index in [1.165, 1.54) is 0 Å². The number of hydrogen-bond acceptors (Lipinski definition) is 13. The lowest BCUT2D eigenvalue weighted by atomic mass is 9.92. The Kier molecular flexibility index (Phi) is 15.7. The molecule has 5 aliphatic heterocycles. The van der Waals surface area contributed by atoms with Crippen molar-refractivity contribution in [1.29, 1.82) is 0 Å². The van der Waals surface area contributed by atoms with Crippen molar-refractivity contribution in [2.75, 3.05) is 6.61 Å². The van der Waals surface area contributed by atoms with Gasteiger partial charge in [0, 0.05) is 35.9 Å². The van der Waals surface area contributed by atoms with Crippen LogP contribution in [0.15, 0.2) is 132 Å². The van der Waals surface area contributed by atoms with Crippen LogP contribution in [0.4, 0.5) is 0 Å². The van der Waals surface area contributed by atoms with Crippen LogP contribution in [0.25, 0.3) is 0 Å². The molecule has 0 aliphatic carbocycles. The van der Waals surface area contributed by atoms with Crippen molar-refractivity contribution in [3.63, 3.8) is 0 Å². The first-order valence-electron chi connectivity index (χ1n) is 20.9. The topological polar surface area (TPSA) is 298 Å². The maximum atomic E-state index is 12.9. The maximum absolute atomic E-state index is 12.9. The molecule has 0 saturated carbocycles. The predicted octanol–water partition coefficient (Wildman–Crippen LogP) is 4.13. The van der Waals surface area contributed by atoms with Crippen molar-refractivity contribution in [2.45, 2.75) is 104 Å². The van der Waals surface area contributed by atoms with Gasteiger partial charge in [0.15, 0.2) is 0 Å². The Morgan fingerprint density at radius 1 is 0.754 bits per heavy atom. The van der Waals surface area contributed by atoms with E-state index in [9.17, 15) is 44.1 Å². The Hall–Kier alpha value is -7.25. The number of aliphatic carboxylic acids is 4. The third kappa shape index (κ3) is 11.7. The van der Waals surface area contributed by atoms with Crippen LogP contribution in [0.5, 0.6) is 0 Å². The minimum Gasteiger partial charge on any atom is -0.481 e. The number of allylic oxidation sites excluding steroid dienone is 11. The van der Waals surface area contributed by atoms with E-state index in [0.29, 0.717) is 64.2 Å². The summed E-state index contributed by atoms with van der Waals surface area (Å²) in [5.41, 5.74) is 10.3. The van der Waals surface area contributed by atoms with Gasteiger partial charge >= 0.3 is 23.9 Å². The lowest BCUT2D eigenvalue weighted by Gasteiger charge is -2.21. The number of fused-ring (bicyclic) bond motifs is 5. The Morgan fingerprint density at radius 2 is 1.29 bits per heavy atom. The SMILES string of the molecule is C=CC1=C(C)C2=CC3=NC(=CC4=NC(=CC5=C(/C=C/NOCC)C(C)(O)C(=CC1=N2)N5)C(C)=C4CCCC(=O)NC(CC(=O)O)C(=O)O)C(CCCC(=O)NC(CC(=O)O)C(=O)O)=C3C. The highest BCUT2D eigenvalue weighted by Gasteiger charge is 2.39. The summed E-state index contributed by atoms with van der Waals surface area (Å²) in [6, 6.07) is -3.20. The molecule has 19 nitrogen and oxygen atoms in total. The fourth-order valence-electron chi connectivity index (χ4n) is 7.72. The van der Waals surface area contributed by atoms with Crippen LogP contribution in [0.1, 0.15) is 86.0 Å². The molecule has 0 saturated heterocycles.